The van der Waals surface area contributed by atoms with Crippen LogP contribution in [-0.4, -0.2) is 15.6 Å². The van der Waals surface area contributed by atoms with Crippen LogP contribution in [0.2, 0.25) is 0 Å². The predicted molar refractivity (Wildman–Crippen MR) is 96.6 cm³/mol. The first-order chi connectivity index (χ1) is 11.5. The summed E-state index contributed by atoms with van der Waals surface area (Å²) in [5.41, 5.74) is 6.14. The van der Waals surface area contributed by atoms with Gasteiger partial charge in [0, 0.05) is 6.20 Å². The molecule has 122 valence electrons. The third kappa shape index (κ3) is 2.98. The summed E-state index contributed by atoms with van der Waals surface area (Å²) in [5.74, 6) is -0.904. The number of rotatable bonds is 4. The number of aromatic carboxylic acids is 1. The van der Waals surface area contributed by atoms with Crippen molar-refractivity contribution in [3.05, 3.63) is 83.2 Å². The van der Waals surface area contributed by atoms with Crippen molar-refractivity contribution in [2.75, 3.05) is 0 Å². The minimum absolute atomic E-state index is 0.0449. The van der Waals surface area contributed by atoms with Crippen LogP contribution in [0, 0.1) is 13.8 Å². The van der Waals surface area contributed by atoms with Crippen molar-refractivity contribution in [1.82, 2.24) is 4.57 Å². The first-order valence-corrected chi connectivity index (χ1v) is 8.05. The summed E-state index contributed by atoms with van der Waals surface area (Å²) >= 11 is 0. The molecule has 0 aliphatic carbocycles. The number of benzene rings is 2. The van der Waals surface area contributed by atoms with E-state index in [9.17, 15) is 9.90 Å². The molecule has 0 aliphatic rings. The van der Waals surface area contributed by atoms with Gasteiger partial charge in [-0.15, -0.1) is 0 Å². The molecule has 0 saturated heterocycles. The second-order valence-electron chi connectivity index (χ2n) is 6.22. The normalized spacial score (nSPS) is 12.1. The summed E-state index contributed by atoms with van der Waals surface area (Å²) < 4.78 is 1.81. The zero-order valence-electron chi connectivity index (χ0n) is 14.2. The lowest BCUT2D eigenvalue weighted by atomic mass is 9.95. The zero-order valence-corrected chi connectivity index (χ0v) is 14.2. The highest BCUT2D eigenvalue weighted by molar-refractivity contribution is 5.86. The maximum absolute atomic E-state index is 11.4. The first kappa shape index (κ1) is 16.1. The molecule has 1 N–H and O–H groups in total. The van der Waals surface area contributed by atoms with Crippen molar-refractivity contribution in [3.8, 4) is 11.1 Å². The molecule has 3 aromatic rings. The maximum Gasteiger partial charge on any atom is 0.352 e. The molecule has 0 radical (unpaired) electrons. The Balaban J connectivity index is 2.04. The van der Waals surface area contributed by atoms with Crippen molar-refractivity contribution in [2.45, 2.75) is 26.8 Å². The smallest absolute Gasteiger partial charge is 0.352 e. The summed E-state index contributed by atoms with van der Waals surface area (Å²) in [5, 5.41) is 9.36. The molecule has 0 spiro atoms. The second kappa shape index (κ2) is 6.36. The van der Waals surface area contributed by atoms with E-state index in [1.165, 1.54) is 11.1 Å². The van der Waals surface area contributed by atoms with Crippen LogP contribution in [-0.2, 0) is 0 Å². The van der Waals surface area contributed by atoms with E-state index in [-0.39, 0.29) is 6.04 Å². The van der Waals surface area contributed by atoms with Crippen LogP contribution in [0.1, 0.15) is 40.1 Å². The van der Waals surface area contributed by atoms with Gasteiger partial charge in [0.15, 0.2) is 0 Å². The average molecular weight is 319 g/mol. The van der Waals surface area contributed by atoms with E-state index >= 15 is 0 Å². The third-order valence-corrected chi connectivity index (χ3v) is 4.53. The van der Waals surface area contributed by atoms with Crippen molar-refractivity contribution in [1.29, 1.82) is 0 Å². The van der Waals surface area contributed by atoms with Gasteiger partial charge < -0.3 is 9.67 Å². The van der Waals surface area contributed by atoms with Crippen LogP contribution in [0.4, 0.5) is 0 Å². The number of aryl methyl sites for hydroxylation is 2. The van der Waals surface area contributed by atoms with Crippen LogP contribution in [0.5, 0.6) is 0 Å². The van der Waals surface area contributed by atoms with E-state index in [2.05, 4.69) is 56.3 Å². The van der Waals surface area contributed by atoms with E-state index in [1.54, 1.807) is 12.1 Å². The molecule has 0 amide bonds. The Morgan fingerprint density at radius 2 is 1.67 bits per heavy atom. The number of nitrogens with zero attached hydrogens (tertiary/aromatic N) is 1. The topological polar surface area (TPSA) is 42.2 Å². The second-order valence-corrected chi connectivity index (χ2v) is 6.22. The molecule has 0 saturated carbocycles. The molecule has 1 atom stereocenters. The van der Waals surface area contributed by atoms with E-state index in [1.807, 2.05) is 17.7 Å². The molecule has 2 aromatic carbocycles. The quantitative estimate of drug-likeness (QED) is 0.728. The van der Waals surface area contributed by atoms with Crippen LogP contribution in [0.3, 0.4) is 0 Å². The van der Waals surface area contributed by atoms with E-state index < -0.39 is 5.97 Å². The standard InChI is InChI=1S/C21H21NO2/c1-14-6-9-17(10-7-14)18-11-8-15(2)19(13-18)16(3)22-12-4-5-20(22)21(23)24/h4-13,16H,1-3H3,(H,23,24). The van der Waals surface area contributed by atoms with Gasteiger partial charge in [0.25, 0.3) is 0 Å². The monoisotopic (exact) mass is 319 g/mol. The Morgan fingerprint density at radius 3 is 2.33 bits per heavy atom. The lowest BCUT2D eigenvalue weighted by Gasteiger charge is -2.20. The predicted octanol–water partition coefficient (Wildman–Crippen LogP) is 5.08. The molecular weight excluding hydrogens is 298 g/mol. The third-order valence-electron chi connectivity index (χ3n) is 4.53. The fraction of sp³-hybridized carbons (Fsp3) is 0.190. The summed E-state index contributed by atoms with van der Waals surface area (Å²) in [7, 11) is 0. The summed E-state index contributed by atoms with van der Waals surface area (Å²) in [6, 6.07) is 18.2. The highest BCUT2D eigenvalue weighted by atomic mass is 16.4. The molecule has 1 unspecified atom stereocenters. The molecule has 1 heterocycles. The van der Waals surface area contributed by atoms with Gasteiger partial charge in [-0.05, 0) is 61.2 Å². The fourth-order valence-electron chi connectivity index (χ4n) is 3.08. The highest BCUT2D eigenvalue weighted by Crippen LogP contribution is 2.29. The molecule has 1 aromatic heterocycles. The molecule has 24 heavy (non-hydrogen) atoms. The van der Waals surface area contributed by atoms with Gasteiger partial charge >= 0.3 is 5.97 Å². The molecule has 0 bridgehead atoms. The fourth-order valence-corrected chi connectivity index (χ4v) is 3.08. The first-order valence-electron chi connectivity index (χ1n) is 8.05. The van der Waals surface area contributed by atoms with Crippen LogP contribution < -0.4 is 0 Å². The molecule has 3 rings (SSSR count). The number of hydrogen-bond donors (Lipinski definition) is 1. The minimum atomic E-state index is -0.904. The van der Waals surface area contributed by atoms with Gasteiger partial charge in [-0.2, -0.15) is 0 Å². The Hall–Kier alpha value is -2.81. The molecule has 3 nitrogen and oxygen atoms in total. The minimum Gasteiger partial charge on any atom is -0.477 e. The van der Waals surface area contributed by atoms with Gasteiger partial charge in [0.1, 0.15) is 5.69 Å². The molecule has 3 heteroatoms. The largest absolute Gasteiger partial charge is 0.477 e. The van der Waals surface area contributed by atoms with Gasteiger partial charge in [-0.3, -0.25) is 0 Å². The Bertz CT molecular complexity index is 875. The SMILES string of the molecule is Cc1ccc(-c2ccc(C)c(C(C)n3cccc3C(=O)O)c2)cc1. The van der Waals surface area contributed by atoms with E-state index in [0.717, 1.165) is 16.7 Å². The molecule has 0 aliphatic heterocycles. The van der Waals surface area contributed by atoms with Crippen molar-refractivity contribution in [2.24, 2.45) is 0 Å². The maximum atomic E-state index is 11.4. The Labute approximate surface area is 142 Å². The average Bonchev–Trinajstić information content (AvgIpc) is 3.05. The number of hydrogen-bond acceptors (Lipinski definition) is 1. The Kier molecular flexibility index (Phi) is 4.26. The number of carbonyl (C=O) groups is 1. The van der Waals surface area contributed by atoms with Crippen molar-refractivity contribution < 1.29 is 9.90 Å². The van der Waals surface area contributed by atoms with Gasteiger partial charge in [0.2, 0.25) is 0 Å². The number of aromatic nitrogens is 1. The van der Waals surface area contributed by atoms with E-state index in [0.29, 0.717) is 5.69 Å². The van der Waals surface area contributed by atoms with Gasteiger partial charge in [-0.1, -0.05) is 42.0 Å². The van der Waals surface area contributed by atoms with Crippen LogP contribution >= 0.6 is 0 Å². The lowest BCUT2D eigenvalue weighted by molar-refractivity contribution is 0.0684. The summed E-state index contributed by atoms with van der Waals surface area (Å²) in [4.78, 5) is 11.4. The highest BCUT2D eigenvalue weighted by Gasteiger charge is 2.17. The zero-order chi connectivity index (χ0) is 17.3. The van der Waals surface area contributed by atoms with Gasteiger partial charge in [0.05, 0.1) is 6.04 Å². The number of carboxylic acids is 1. The van der Waals surface area contributed by atoms with Crippen molar-refractivity contribution >= 4 is 5.97 Å². The Morgan fingerprint density at radius 1 is 1.00 bits per heavy atom. The number of carboxylic acid groups (broad SMARTS) is 1. The van der Waals surface area contributed by atoms with E-state index in [4.69, 9.17) is 0 Å². The molecule has 0 fully saturated rings. The van der Waals surface area contributed by atoms with Gasteiger partial charge in [-0.25, -0.2) is 4.79 Å². The van der Waals surface area contributed by atoms with Crippen LogP contribution in [0.25, 0.3) is 11.1 Å². The summed E-state index contributed by atoms with van der Waals surface area (Å²) in [6.07, 6.45) is 1.83. The van der Waals surface area contributed by atoms with Crippen LogP contribution in [0.15, 0.2) is 60.8 Å². The van der Waals surface area contributed by atoms with Crippen molar-refractivity contribution in [3.63, 3.8) is 0 Å². The lowest BCUT2D eigenvalue weighted by Crippen LogP contribution is -2.14. The molecular formula is C21H21NO2. The summed E-state index contributed by atoms with van der Waals surface area (Å²) in [6.45, 7) is 6.17.